The van der Waals surface area contributed by atoms with Gasteiger partial charge in [-0.2, -0.15) is 0 Å². The number of rotatable bonds is 6. The molecule has 0 atom stereocenters. The summed E-state index contributed by atoms with van der Waals surface area (Å²) in [6.45, 7) is 3.42. The Morgan fingerprint density at radius 3 is 2.73 bits per heavy atom. The number of alkyl halides is 2. The van der Waals surface area contributed by atoms with Crippen LogP contribution in [0.25, 0.3) is 0 Å². The summed E-state index contributed by atoms with van der Waals surface area (Å²) in [6.07, 6.45) is -0.0839. The predicted octanol–water partition coefficient (Wildman–Crippen LogP) is 1.57. The van der Waals surface area contributed by atoms with Crippen LogP contribution in [0.1, 0.15) is 26.2 Å². The highest BCUT2D eigenvalue weighted by Gasteiger charge is 2.45. The van der Waals surface area contributed by atoms with Crippen molar-refractivity contribution in [2.24, 2.45) is 5.92 Å². The summed E-state index contributed by atoms with van der Waals surface area (Å²) in [5.41, 5.74) is 0. The fourth-order valence-electron chi connectivity index (χ4n) is 1.67. The van der Waals surface area contributed by atoms with E-state index in [1.807, 2.05) is 6.92 Å². The number of hydrogen-bond donors (Lipinski definition) is 1. The van der Waals surface area contributed by atoms with Gasteiger partial charge in [-0.1, -0.05) is 0 Å². The van der Waals surface area contributed by atoms with Crippen LogP contribution in [-0.2, 0) is 9.53 Å². The zero-order chi connectivity index (χ0) is 11.3. The van der Waals surface area contributed by atoms with E-state index in [9.17, 15) is 13.6 Å². The predicted molar refractivity (Wildman–Crippen MR) is 51.8 cm³/mol. The summed E-state index contributed by atoms with van der Waals surface area (Å²) in [7, 11) is 0. The van der Waals surface area contributed by atoms with Crippen LogP contribution in [0.5, 0.6) is 0 Å². The smallest absolute Gasteiger partial charge is 0.248 e. The molecule has 15 heavy (non-hydrogen) atoms. The lowest BCUT2D eigenvalue weighted by Crippen LogP contribution is -2.39. The molecule has 0 bridgehead atoms. The van der Waals surface area contributed by atoms with E-state index >= 15 is 0 Å². The van der Waals surface area contributed by atoms with Gasteiger partial charge < -0.3 is 10.1 Å². The Labute approximate surface area is 88.2 Å². The van der Waals surface area contributed by atoms with Crippen LogP contribution in [0.3, 0.4) is 0 Å². The van der Waals surface area contributed by atoms with E-state index in [1.165, 1.54) is 0 Å². The first kappa shape index (κ1) is 12.4. The van der Waals surface area contributed by atoms with E-state index in [0.29, 0.717) is 19.8 Å². The Bertz CT molecular complexity index is 213. The summed E-state index contributed by atoms with van der Waals surface area (Å²) >= 11 is 0. The minimum atomic E-state index is -2.53. The molecule has 1 saturated carbocycles. The molecule has 1 N–H and O–H groups in total. The van der Waals surface area contributed by atoms with Crippen LogP contribution in [-0.4, -0.2) is 31.6 Å². The van der Waals surface area contributed by atoms with Gasteiger partial charge in [0.05, 0.1) is 6.61 Å². The van der Waals surface area contributed by atoms with Gasteiger partial charge in [0.2, 0.25) is 11.8 Å². The number of ether oxygens (including phenoxy) is 1. The number of halogens is 2. The quantitative estimate of drug-likeness (QED) is 0.691. The topological polar surface area (TPSA) is 38.3 Å². The second-order valence-corrected chi connectivity index (χ2v) is 3.88. The van der Waals surface area contributed by atoms with Crippen LogP contribution in [0.2, 0.25) is 0 Å². The molecule has 0 aromatic carbocycles. The van der Waals surface area contributed by atoms with Crippen molar-refractivity contribution in [1.29, 1.82) is 0 Å². The minimum absolute atomic E-state index is 0.146. The molecule has 0 heterocycles. The third-order valence-corrected chi connectivity index (χ3v) is 2.42. The SMILES string of the molecule is CCOCCNC(=O)CC1CC(F)(F)C1. The van der Waals surface area contributed by atoms with Crippen LogP contribution < -0.4 is 5.32 Å². The van der Waals surface area contributed by atoms with Gasteiger partial charge >= 0.3 is 0 Å². The number of carbonyl (C=O) groups excluding carboxylic acids is 1. The van der Waals surface area contributed by atoms with Gasteiger partial charge in [0.15, 0.2) is 0 Å². The van der Waals surface area contributed by atoms with E-state index in [1.54, 1.807) is 0 Å². The number of nitrogens with one attached hydrogen (secondary N) is 1. The Morgan fingerprint density at radius 2 is 2.20 bits per heavy atom. The second kappa shape index (κ2) is 5.39. The zero-order valence-corrected chi connectivity index (χ0v) is 8.89. The summed E-state index contributed by atoms with van der Waals surface area (Å²) in [4.78, 5) is 11.2. The van der Waals surface area contributed by atoms with E-state index < -0.39 is 5.92 Å². The molecule has 0 unspecified atom stereocenters. The van der Waals surface area contributed by atoms with Gasteiger partial charge in [0.25, 0.3) is 0 Å². The highest BCUT2D eigenvalue weighted by atomic mass is 19.3. The highest BCUT2D eigenvalue weighted by molar-refractivity contribution is 5.76. The lowest BCUT2D eigenvalue weighted by atomic mass is 9.79. The first-order chi connectivity index (χ1) is 7.03. The third kappa shape index (κ3) is 4.55. The monoisotopic (exact) mass is 221 g/mol. The van der Waals surface area contributed by atoms with Gasteiger partial charge in [-0.3, -0.25) is 4.79 Å². The molecule has 0 aromatic heterocycles. The summed E-state index contributed by atoms with van der Waals surface area (Å²) < 4.78 is 29.9. The summed E-state index contributed by atoms with van der Waals surface area (Å²) in [6, 6.07) is 0. The third-order valence-electron chi connectivity index (χ3n) is 2.42. The van der Waals surface area contributed by atoms with E-state index in [4.69, 9.17) is 4.74 Å². The van der Waals surface area contributed by atoms with Crippen molar-refractivity contribution < 1.29 is 18.3 Å². The van der Waals surface area contributed by atoms with Crippen molar-refractivity contribution >= 4 is 5.91 Å². The first-order valence-corrected chi connectivity index (χ1v) is 5.26. The second-order valence-electron chi connectivity index (χ2n) is 3.88. The van der Waals surface area contributed by atoms with Crippen LogP contribution in [0, 0.1) is 5.92 Å². The van der Waals surface area contributed by atoms with Crippen molar-refractivity contribution in [1.82, 2.24) is 5.32 Å². The molecule has 0 spiro atoms. The Balaban J connectivity index is 2.00. The maximum atomic E-state index is 12.4. The fourth-order valence-corrected chi connectivity index (χ4v) is 1.67. The van der Waals surface area contributed by atoms with Gasteiger partial charge in [-0.05, 0) is 12.8 Å². The standard InChI is InChI=1S/C10H17F2NO2/c1-2-15-4-3-13-9(14)5-8-6-10(11,12)7-8/h8H,2-7H2,1H3,(H,13,14). The van der Waals surface area contributed by atoms with Crippen molar-refractivity contribution in [3.63, 3.8) is 0 Å². The van der Waals surface area contributed by atoms with E-state index in [0.717, 1.165) is 0 Å². The van der Waals surface area contributed by atoms with Gasteiger partial charge in [0.1, 0.15) is 0 Å². The largest absolute Gasteiger partial charge is 0.380 e. The molecule has 1 aliphatic carbocycles. The minimum Gasteiger partial charge on any atom is -0.380 e. The van der Waals surface area contributed by atoms with E-state index in [2.05, 4.69) is 5.32 Å². The van der Waals surface area contributed by atoms with Crippen molar-refractivity contribution in [2.45, 2.75) is 32.1 Å². The normalized spacial score (nSPS) is 19.7. The lowest BCUT2D eigenvalue weighted by Gasteiger charge is -2.34. The average molecular weight is 221 g/mol. The molecule has 0 aromatic rings. The average Bonchev–Trinajstić information content (AvgIpc) is 2.09. The van der Waals surface area contributed by atoms with Gasteiger partial charge in [-0.15, -0.1) is 0 Å². The zero-order valence-electron chi connectivity index (χ0n) is 8.89. The van der Waals surface area contributed by atoms with Crippen LogP contribution >= 0.6 is 0 Å². The molecule has 1 rings (SSSR count). The molecule has 1 amide bonds. The molecule has 0 saturated heterocycles. The molecule has 3 nitrogen and oxygen atoms in total. The molecule has 1 aliphatic rings. The Hall–Kier alpha value is -0.710. The molecular formula is C10H17F2NO2. The van der Waals surface area contributed by atoms with Crippen LogP contribution in [0.15, 0.2) is 0 Å². The Kier molecular flexibility index (Phi) is 4.45. The maximum absolute atomic E-state index is 12.4. The molecule has 88 valence electrons. The highest BCUT2D eigenvalue weighted by Crippen LogP contribution is 2.43. The van der Waals surface area contributed by atoms with E-state index in [-0.39, 0.29) is 31.1 Å². The van der Waals surface area contributed by atoms with Crippen molar-refractivity contribution in [2.75, 3.05) is 19.8 Å². The van der Waals surface area contributed by atoms with Crippen molar-refractivity contribution in [3.05, 3.63) is 0 Å². The Morgan fingerprint density at radius 1 is 1.53 bits per heavy atom. The van der Waals surface area contributed by atoms with Gasteiger partial charge in [-0.25, -0.2) is 8.78 Å². The lowest BCUT2D eigenvalue weighted by molar-refractivity contribution is -0.133. The van der Waals surface area contributed by atoms with Crippen LogP contribution in [0.4, 0.5) is 8.78 Å². The van der Waals surface area contributed by atoms with Crippen molar-refractivity contribution in [3.8, 4) is 0 Å². The number of carbonyl (C=O) groups is 1. The molecule has 0 aliphatic heterocycles. The summed E-state index contributed by atoms with van der Waals surface area (Å²) in [5, 5.41) is 2.64. The molecule has 1 fully saturated rings. The fraction of sp³-hybridized carbons (Fsp3) is 0.900. The number of amides is 1. The number of hydrogen-bond acceptors (Lipinski definition) is 2. The summed E-state index contributed by atoms with van der Waals surface area (Å²) in [5.74, 6) is -2.83. The first-order valence-electron chi connectivity index (χ1n) is 5.26. The maximum Gasteiger partial charge on any atom is 0.248 e. The molecule has 0 radical (unpaired) electrons. The van der Waals surface area contributed by atoms with Gasteiger partial charge in [0, 0.05) is 32.4 Å². The molecular weight excluding hydrogens is 204 g/mol. The molecule has 5 heteroatoms.